The van der Waals surface area contributed by atoms with E-state index in [-0.39, 0.29) is 11.7 Å². The summed E-state index contributed by atoms with van der Waals surface area (Å²) in [5.74, 6) is 0.412. The molecule has 0 bridgehead atoms. The number of anilines is 1. The SMILES string of the molecule is COc1ccc(Br)cc1C=CC(=O)Nc1ccc(C(C)=O)cc1. The molecular formula is C18H16BrNO3. The van der Waals surface area contributed by atoms with Crippen LogP contribution in [0.3, 0.4) is 0 Å². The highest BCUT2D eigenvalue weighted by atomic mass is 79.9. The van der Waals surface area contributed by atoms with Crippen LogP contribution in [-0.2, 0) is 4.79 Å². The number of Topliss-reactive ketones (excluding diaryl/α,β-unsaturated/α-hetero) is 1. The Hall–Kier alpha value is -2.40. The zero-order valence-electron chi connectivity index (χ0n) is 12.8. The molecule has 1 N–H and O–H groups in total. The summed E-state index contributed by atoms with van der Waals surface area (Å²) in [6, 6.07) is 12.3. The van der Waals surface area contributed by atoms with E-state index in [4.69, 9.17) is 4.74 Å². The van der Waals surface area contributed by atoms with Crippen molar-refractivity contribution in [3.05, 3.63) is 64.1 Å². The molecule has 4 nitrogen and oxygen atoms in total. The summed E-state index contributed by atoms with van der Waals surface area (Å²) in [6.07, 6.45) is 3.12. The summed E-state index contributed by atoms with van der Waals surface area (Å²) in [5, 5.41) is 2.74. The molecule has 2 rings (SSSR count). The molecule has 2 aromatic rings. The molecule has 118 valence electrons. The first-order valence-corrected chi connectivity index (χ1v) is 7.72. The van der Waals surface area contributed by atoms with E-state index in [0.29, 0.717) is 17.0 Å². The molecule has 0 aliphatic carbocycles. The predicted molar refractivity (Wildman–Crippen MR) is 94.8 cm³/mol. The van der Waals surface area contributed by atoms with Crippen molar-refractivity contribution in [2.75, 3.05) is 12.4 Å². The number of hydrogen-bond donors (Lipinski definition) is 1. The van der Waals surface area contributed by atoms with Gasteiger partial charge in [0.25, 0.3) is 0 Å². The van der Waals surface area contributed by atoms with Crippen LogP contribution in [0.2, 0.25) is 0 Å². The number of ketones is 1. The fourth-order valence-electron chi connectivity index (χ4n) is 1.97. The number of amides is 1. The molecule has 0 fully saturated rings. The highest BCUT2D eigenvalue weighted by Gasteiger charge is 2.03. The van der Waals surface area contributed by atoms with Crippen LogP contribution in [-0.4, -0.2) is 18.8 Å². The summed E-state index contributed by atoms with van der Waals surface area (Å²) < 4.78 is 6.15. The minimum absolute atomic E-state index is 0.00970. The predicted octanol–water partition coefficient (Wildman–Crippen LogP) is 4.31. The van der Waals surface area contributed by atoms with Crippen LogP contribution in [0.1, 0.15) is 22.8 Å². The van der Waals surface area contributed by atoms with Crippen LogP contribution >= 0.6 is 15.9 Å². The highest BCUT2D eigenvalue weighted by molar-refractivity contribution is 9.10. The molecule has 5 heteroatoms. The van der Waals surface area contributed by atoms with Gasteiger partial charge in [-0.2, -0.15) is 0 Å². The Morgan fingerprint density at radius 1 is 1.13 bits per heavy atom. The van der Waals surface area contributed by atoms with Gasteiger partial charge in [0.15, 0.2) is 5.78 Å². The Morgan fingerprint density at radius 2 is 1.83 bits per heavy atom. The number of carbonyl (C=O) groups is 2. The van der Waals surface area contributed by atoms with Gasteiger partial charge in [-0.1, -0.05) is 15.9 Å². The van der Waals surface area contributed by atoms with Gasteiger partial charge in [0.1, 0.15) is 5.75 Å². The average molecular weight is 374 g/mol. The van der Waals surface area contributed by atoms with Crippen LogP contribution in [0.25, 0.3) is 6.08 Å². The van der Waals surface area contributed by atoms with Crippen molar-refractivity contribution < 1.29 is 14.3 Å². The van der Waals surface area contributed by atoms with Crippen LogP contribution in [0, 0.1) is 0 Å². The Kier molecular flexibility index (Phi) is 5.71. The van der Waals surface area contributed by atoms with Crippen molar-refractivity contribution in [3.63, 3.8) is 0 Å². The number of methoxy groups -OCH3 is 1. The molecule has 23 heavy (non-hydrogen) atoms. The van der Waals surface area contributed by atoms with E-state index in [1.807, 2.05) is 18.2 Å². The second-order valence-electron chi connectivity index (χ2n) is 4.84. The summed E-state index contributed by atoms with van der Waals surface area (Å²) in [5.41, 5.74) is 2.03. The lowest BCUT2D eigenvalue weighted by Gasteiger charge is -2.05. The second kappa shape index (κ2) is 7.74. The van der Waals surface area contributed by atoms with Gasteiger partial charge in [-0.3, -0.25) is 9.59 Å². The van der Waals surface area contributed by atoms with Crippen LogP contribution < -0.4 is 10.1 Å². The maximum absolute atomic E-state index is 12.0. The summed E-state index contributed by atoms with van der Waals surface area (Å²) in [6.45, 7) is 1.50. The van der Waals surface area contributed by atoms with Gasteiger partial charge in [0, 0.05) is 27.4 Å². The summed E-state index contributed by atoms with van der Waals surface area (Å²) in [7, 11) is 1.58. The minimum atomic E-state index is -0.261. The molecule has 0 aromatic heterocycles. The molecule has 0 unspecified atom stereocenters. The monoisotopic (exact) mass is 373 g/mol. The van der Waals surface area contributed by atoms with Crippen molar-refractivity contribution in [1.29, 1.82) is 0 Å². The van der Waals surface area contributed by atoms with Gasteiger partial charge in [-0.15, -0.1) is 0 Å². The molecular weight excluding hydrogens is 358 g/mol. The number of carbonyl (C=O) groups excluding carboxylic acids is 2. The fourth-order valence-corrected chi connectivity index (χ4v) is 2.35. The van der Waals surface area contributed by atoms with E-state index < -0.39 is 0 Å². The van der Waals surface area contributed by atoms with Gasteiger partial charge in [-0.05, 0) is 55.5 Å². The van der Waals surface area contributed by atoms with Crippen LogP contribution in [0.15, 0.2) is 53.0 Å². The Balaban J connectivity index is 2.07. The number of benzene rings is 2. The van der Waals surface area contributed by atoms with Crippen molar-refractivity contribution in [1.82, 2.24) is 0 Å². The lowest BCUT2D eigenvalue weighted by atomic mass is 10.1. The Bertz CT molecular complexity index is 751. The fraction of sp³-hybridized carbons (Fsp3) is 0.111. The molecule has 0 aliphatic rings. The Labute approximate surface area is 143 Å². The molecule has 0 radical (unpaired) electrons. The summed E-state index contributed by atoms with van der Waals surface area (Å²) in [4.78, 5) is 23.2. The first-order chi connectivity index (χ1) is 11.0. The smallest absolute Gasteiger partial charge is 0.248 e. The zero-order chi connectivity index (χ0) is 16.8. The van der Waals surface area contributed by atoms with Crippen LogP contribution in [0.5, 0.6) is 5.75 Å². The zero-order valence-corrected chi connectivity index (χ0v) is 14.4. The van der Waals surface area contributed by atoms with Crippen molar-refractivity contribution >= 4 is 39.4 Å². The third-order valence-corrected chi connectivity index (χ3v) is 3.66. The summed E-state index contributed by atoms with van der Waals surface area (Å²) >= 11 is 3.39. The molecule has 2 aromatic carbocycles. The van der Waals surface area contributed by atoms with Gasteiger partial charge in [0.2, 0.25) is 5.91 Å². The largest absolute Gasteiger partial charge is 0.496 e. The van der Waals surface area contributed by atoms with Gasteiger partial charge in [-0.25, -0.2) is 0 Å². The molecule has 0 heterocycles. The second-order valence-corrected chi connectivity index (χ2v) is 5.76. The van der Waals surface area contributed by atoms with Gasteiger partial charge >= 0.3 is 0 Å². The maximum Gasteiger partial charge on any atom is 0.248 e. The van der Waals surface area contributed by atoms with E-state index in [1.165, 1.54) is 13.0 Å². The Morgan fingerprint density at radius 3 is 2.43 bits per heavy atom. The van der Waals surface area contributed by atoms with E-state index in [9.17, 15) is 9.59 Å². The number of halogens is 1. The molecule has 0 saturated carbocycles. The molecule has 0 spiro atoms. The van der Waals surface area contributed by atoms with E-state index in [0.717, 1.165) is 10.0 Å². The third kappa shape index (κ3) is 4.79. The normalized spacial score (nSPS) is 10.6. The van der Waals surface area contributed by atoms with E-state index >= 15 is 0 Å². The molecule has 0 aliphatic heterocycles. The number of rotatable bonds is 5. The van der Waals surface area contributed by atoms with Crippen molar-refractivity contribution in [2.24, 2.45) is 0 Å². The quantitative estimate of drug-likeness (QED) is 0.627. The standard InChI is InChI=1S/C18H16BrNO3/c1-12(21)13-3-7-16(8-4-13)20-18(22)10-5-14-11-15(19)6-9-17(14)23-2/h3-11H,1-2H3,(H,20,22). The minimum Gasteiger partial charge on any atom is -0.496 e. The van der Waals surface area contributed by atoms with Crippen LogP contribution in [0.4, 0.5) is 5.69 Å². The third-order valence-electron chi connectivity index (χ3n) is 3.16. The maximum atomic E-state index is 12.0. The first-order valence-electron chi connectivity index (χ1n) is 6.93. The van der Waals surface area contributed by atoms with Crippen molar-refractivity contribution in [2.45, 2.75) is 6.92 Å². The molecule has 1 amide bonds. The molecule has 0 saturated heterocycles. The number of ether oxygens (including phenoxy) is 1. The lowest BCUT2D eigenvalue weighted by molar-refractivity contribution is -0.111. The highest BCUT2D eigenvalue weighted by Crippen LogP contribution is 2.24. The van der Waals surface area contributed by atoms with Gasteiger partial charge in [0.05, 0.1) is 7.11 Å². The average Bonchev–Trinajstić information content (AvgIpc) is 2.53. The molecule has 0 atom stereocenters. The topological polar surface area (TPSA) is 55.4 Å². The van der Waals surface area contributed by atoms with E-state index in [1.54, 1.807) is 37.5 Å². The van der Waals surface area contributed by atoms with Crippen molar-refractivity contribution in [3.8, 4) is 5.75 Å². The number of nitrogens with one attached hydrogen (secondary N) is 1. The van der Waals surface area contributed by atoms with Gasteiger partial charge < -0.3 is 10.1 Å². The number of hydrogen-bond acceptors (Lipinski definition) is 3. The first kappa shape index (κ1) is 17.0. The lowest BCUT2D eigenvalue weighted by Crippen LogP contribution is -2.07. The van der Waals surface area contributed by atoms with E-state index in [2.05, 4.69) is 21.2 Å².